The van der Waals surface area contributed by atoms with Crippen LogP contribution in [-0.4, -0.2) is 21.8 Å². The number of hydrogen-bond donors (Lipinski definition) is 2. The molecule has 0 aliphatic heterocycles. The summed E-state index contributed by atoms with van der Waals surface area (Å²) in [7, 11) is 0. The Kier molecular flexibility index (Phi) is 9.38. The van der Waals surface area contributed by atoms with Crippen LogP contribution in [0.3, 0.4) is 0 Å². The summed E-state index contributed by atoms with van der Waals surface area (Å²) in [6.07, 6.45) is 8.23. The zero-order chi connectivity index (χ0) is 29.7. The summed E-state index contributed by atoms with van der Waals surface area (Å²) in [6.45, 7) is 3.67. The van der Waals surface area contributed by atoms with Crippen molar-refractivity contribution in [2.75, 3.05) is 5.75 Å². The maximum atomic E-state index is 11.9. The van der Waals surface area contributed by atoms with E-state index in [0.29, 0.717) is 11.4 Å². The molecule has 1 aliphatic carbocycles. The van der Waals surface area contributed by atoms with E-state index in [4.69, 9.17) is 22.5 Å². The number of aromatic nitrogens is 1. The normalized spacial score (nSPS) is 15.2. The summed E-state index contributed by atoms with van der Waals surface area (Å²) < 4.78 is 0. The number of pyridine rings is 1. The molecule has 1 unspecified atom stereocenters. The number of hydrogen-bond acceptors (Lipinski definition) is 6. The second kappa shape index (κ2) is 13.0. The van der Waals surface area contributed by atoms with E-state index >= 15 is 0 Å². The summed E-state index contributed by atoms with van der Waals surface area (Å²) in [4.78, 5) is 21.2. The minimum atomic E-state index is -0.910. The van der Waals surface area contributed by atoms with E-state index in [0.717, 1.165) is 64.7 Å². The molecule has 1 saturated carbocycles. The summed E-state index contributed by atoms with van der Waals surface area (Å²) in [5.74, 6) is 5.66. The van der Waals surface area contributed by atoms with Crippen molar-refractivity contribution in [1.82, 2.24) is 4.98 Å². The van der Waals surface area contributed by atoms with Crippen molar-refractivity contribution in [2.45, 2.75) is 56.8 Å². The summed E-state index contributed by atoms with van der Waals surface area (Å²) in [5.41, 5.74) is 5.23. The molecule has 1 heterocycles. The lowest BCUT2D eigenvalue weighted by Gasteiger charge is -2.24. The van der Waals surface area contributed by atoms with E-state index in [-0.39, 0.29) is 16.6 Å². The van der Waals surface area contributed by atoms with Crippen molar-refractivity contribution in [1.29, 1.82) is 0 Å². The maximum Gasteiger partial charge on any atom is 0.325 e. The van der Waals surface area contributed by atoms with Crippen LogP contribution in [0.25, 0.3) is 23.1 Å². The molecule has 42 heavy (non-hydrogen) atoms. The second-order valence-corrected chi connectivity index (χ2v) is 13.4. The average molecular weight is 601 g/mol. The van der Waals surface area contributed by atoms with Gasteiger partial charge < -0.3 is 9.94 Å². The first kappa shape index (κ1) is 30.3. The topological polar surface area (TPSA) is 85.4 Å². The summed E-state index contributed by atoms with van der Waals surface area (Å²) in [5, 5.41) is 12.7. The van der Waals surface area contributed by atoms with Gasteiger partial charge in [0.25, 0.3) is 0 Å². The van der Waals surface area contributed by atoms with Gasteiger partial charge in [-0.3, -0.25) is 4.79 Å². The smallest absolute Gasteiger partial charge is 0.325 e. The molecule has 218 valence electrons. The molecule has 7 heteroatoms. The molecule has 3 aromatic carbocycles. The Morgan fingerprint density at radius 1 is 1.10 bits per heavy atom. The number of halogens is 1. The molecule has 0 bridgehead atoms. The number of carbonyl (C=O) groups excluding carboxylic acids is 1. The molecule has 5 nitrogen and oxygen atoms in total. The van der Waals surface area contributed by atoms with E-state index in [1.165, 1.54) is 5.56 Å². The Morgan fingerprint density at radius 2 is 1.88 bits per heavy atom. The van der Waals surface area contributed by atoms with Crippen molar-refractivity contribution in [3.05, 3.63) is 112 Å². The fourth-order valence-electron chi connectivity index (χ4n) is 5.39. The fourth-order valence-corrected chi connectivity index (χ4v) is 7.12. The maximum absolute atomic E-state index is 11.9. The van der Waals surface area contributed by atoms with Gasteiger partial charge in [-0.1, -0.05) is 78.3 Å². The molecule has 1 fully saturated rings. The van der Waals surface area contributed by atoms with Crippen molar-refractivity contribution >= 4 is 52.4 Å². The third kappa shape index (κ3) is 7.81. The Bertz CT molecular complexity index is 1590. The highest BCUT2D eigenvalue weighted by Crippen LogP contribution is 2.53. The number of nitrogens with zero attached hydrogens (tertiary/aromatic N) is 1. The van der Waals surface area contributed by atoms with E-state index in [1.807, 2.05) is 74.1 Å². The first-order valence-electron chi connectivity index (χ1n) is 14.3. The summed E-state index contributed by atoms with van der Waals surface area (Å²) in [6, 6.07) is 26.5. The lowest BCUT2D eigenvalue weighted by Crippen LogP contribution is -2.18. The first-order valence-corrected chi connectivity index (χ1v) is 15.7. The zero-order valence-corrected chi connectivity index (χ0v) is 25.6. The van der Waals surface area contributed by atoms with Crippen LogP contribution in [0.4, 0.5) is 0 Å². The molecule has 1 aliphatic rings. The molecule has 0 spiro atoms. The largest absolute Gasteiger partial charge is 0.386 e. The van der Waals surface area contributed by atoms with Gasteiger partial charge in [-0.25, -0.2) is 4.98 Å². The number of carbonyl (C=O) groups is 1. The van der Waals surface area contributed by atoms with Crippen LogP contribution in [0, 0.1) is 5.41 Å². The molecule has 3 N–H and O–H groups in total. The van der Waals surface area contributed by atoms with Gasteiger partial charge in [0, 0.05) is 21.4 Å². The molecule has 4 aromatic rings. The lowest BCUT2D eigenvalue weighted by atomic mass is 9.90. The molecule has 0 radical (unpaired) electrons. The van der Waals surface area contributed by atoms with E-state index in [1.54, 1.807) is 0 Å². The number of thioether (sulfide) groups is 1. The lowest BCUT2D eigenvalue weighted by molar-refractivity contribution is -0.145. The Labute approximate surface area is 257 Å². The molecular formula is C35H37ClN2O3S. The fraction of sp³-hybridized carbons (Fsp3) is 0.314. The highest BCUT2D eigenvalue weighted by Gasteiger charge is 2.45. The van der Waals surface area contributed by atoms with Gasteiger partial charge >= 0.3 is 5.97 Å². The van der Waals surface area contributed by atoms with Crippen LogP contribution in [0.15, 0.2) is 78.9 Å². The Morgan fingerprint density at radius 3 is 2.64 bits per heavy atom. The monoisotopic (exact) mass is 600 g/mol. The van der Waals surface area contributed by atoms with Gasteiger partial charge in [0.15, 0.2) is 0 Å². The van der Waals surface area contributed by atoms with Crippen LogP contribution in [0.1, 0.15) is 72.7 Å². The highest BCUT2D eigenvalue weighted by atomic mass is 35.5. The van der Waals surface area contributed by atoms with Crippen molar-refractivity contribution in [3.8, 4) is 0 Å². The predicted molar refractivity (Wildman–Crippen MR) is 174 cm³/mol. The summed E-state index contributed by atoms with van der Waals surface area (Å²) >= 11 is 8.07. The van der Waals surface area contributed by atoms with Gasteiger partial charge in [-0.05, 0) is 91.5 Å². The number of benzene rings is 3. The minimum absolute atomic E-state index is 0.0352. The Hall–Kier alpha value is -3.16. The molecule has 0 amide bonds. The van der Waals surface area contributed by atoms with Crippen molar-refractivity contribution < 1.29 is 14.7 Å². The number of fused-ring (bicyclic) bond motifs is 1. The molecule has 5 rings (SSSR count). The van der Waals surface area contributed by atoms with Crippen molar-refractivity contribution in [2.24, 2.45) is 11.3 Å². The molecule has 0 saturated heterocycles. The van der Waals surface area contributed by atoms with Crippen LogP contribution in [0.5, 0.6) is 0 Å². The van der Waals surface area contributed by atoms with Gasteiger partial charge in [-0.15, -0.1) is 0 Å². The first-order chi connectivity index (χ1) is 20.1. The molecular weight excluding hydrogens is 564 g/mol. The number of aryl methyl sites for hydroxylation is 1. The highest BCUT2D eigenvalue weighted by molar-refractivity contribution is 7.99. The van der Waals surface area contributed by atoms with E-state index < -0.39 is 5.60 Å². The number of rotatable bonds is 12. The van der Waals surface area contributed by atoms with Gasteiger partial charge in [0.2, 0.25) is 0 Å². The standard InChI is InChI=1S/C35H37ClN2O3S/c1-34(2,40)30-9-4-3-7-25(30)13-17-32(42-23-35(18-19-35)22-33(39)41-37)27-8-5-6-24(20-27)10-15-29-16-12-26-11-14-28(36)21-31(26)38-29/h3-12,14-16,20-21,32,40H,13,17-19,22-23,37H2,1-2H3. The zero-order valence-electron chi connectivity index (χ0n) is 24.1. The van der Waals surface area contributed by atoms with Crippen LogP contribution < -0.4 is 5.90 Å². The Balaban J connectivity index is 1.37. The third-order valence-electron chi connectivity index (χ3n) is 7.96. The second-order valence-electron chi connectivity index (χ2n) is 11.8. The number of nitrogens with two attached hydrogens (primary N) is 1. The third-order valence-corrected chi connectivity index (χ3v) is 9.88. The minimum Gasteiger partial charge on any atom is -0.386 e. The quantitative estimate of drug-likeness (QED) is 0.159. The van der Waals surface area contributed by atoms with Crippen LogP contribution >= 0.6 is 23.4 Å². The van der Waals surface area contributed by atoms with E-state index in [9.17, 15) is 9.90 Å². The molecule has 1 aromatic heterocycles. The van der Waals surface area contributed by atoms with Gasteiger partial charge in [-0.2, -0.15) is 17.7 Å². The average Bonchev–Trinajstić information content (AvgIpc) is 3.74. The van der Waals surface area contributed by atoms with Crippen LogP contribution in [-0.2, 0) is 21.7 Å². The van der Waals surface area contributed by atoms with Crippen molar-refractivity contribution in [3.63, 3.8) is 0 Å². The van der Waals surface area contributed by atoms with Gasteiger partial charge in [0.05, 0.1) is 23.2 Å². The van der Waals surface area contributed by atoms with Crippen LogP contribution in [0.2, 0.25) is 5.02 Å². The van der Waals surface area contributed by atoms with E-state index in [2.05, 4.69) is 47.3 Å². The SMILES string of the molecule is CC(C)(O)c1ccccc1CCC(SCC1(CC(=O)ON)CC1)c1cccc(C=Cc2ccc3ccc(Cl)cc3n2)c1. The number of aliphatic hydroxyl groups is 1. The predicted octanol–water partition coefficient (Wildman–Crippen LogP) is 8.28. The van der Waals surface area contributed by atoms with Gasteiger partial charge in [0.1, 0.15) is 0 Å². The molecule has 1 atom stereocenters.